The third-order valence-electron chi connectivity index (χ3n) is 2.24. The maximum Gasteiger partial charge on any atom is 0.405 e. The van der Waals surface area contributed by atoms with E-state index >= 15 is 0 Å². The van der Waals surface area contributed by atoms with Crippen LogP contribution in [0, 0.1) is 5.92 Å². The smallest absolute Gasteiger partial charge is 0.345 e. The topological polar surface area (TPSA) is 71.8 Å². The third kappa shape index (κ3) is 7.07. The number of hydrogen-bond acceptors (Lipinski definition) is 4. The zero-order chi connectivity index (χ0) is 15.2. The molecule has 20 heavy (non-hydrogen) atoms. The molecule has 0 radical (unpaired) electrons. The molecule has 1 amide bonds. The molecule has 0 aromatic carbocycles. The van der Waals surface area contributed by atoms with Gasteiger partial charge in [0.25, 0.3) is 0 Å². The first-order valence-electron chi connectivity index (χ1n) is 6.19. The van der Waals surface area contributed by atoms with Crippen LogP contribution in [0.25, 0.3) is 0 Å². The Hall–Kier alpha value is -1.64. The van der Waals surface area contributed by atoms with Crippen LogP contribution in [-0.2, 0) is 17.9 Å². The lowest BCUT2D eigenvalue weighted by atomic mass is 10.2. The number of nitrogens with zero attached hydrogens (tertiary/aromatic N) is 3. The van der Waals surface area contributed by atoms with Crippen molar-refractivity contribution in [2.45, 2.75) is 33.1 Å². The number of amides is 1. The molecule has 1 aromatic rings. The SMILES string of the molecule is CC(C)CNCc1cn(CC(=O)NCC(F)(F)F)nn1. The zero-order valence-corrected chi connectivity index (χ0v) is 11.4. The molecule has 0 bridgehead atoms. The lowest BCUT2D eigenvalue weighted by Crippen LogP contribution is -2.35. The first-order valence-corrected chi connectivity index (χ1v) is 6.19. The van der Waals surface area contributed by atoms with E-state index in [1.807, 2.05) is 0 Å². The van der Waals surface area contributed by atoms with E-state index < -0.39 is 18.6 Å². The maximum absolute atomic E-state index is 11.9. The quantitative estimate of drug-likeness (QED) is 0.776. The summed E-state index contributed by atoms with van der Waals surface area (Å²) in [5, 5.41) is 12.4. The predicted octanol–water partition coefficient (Wildman–Crippen LogP) is 0.702. The highest BCUT2D eigenvalue weighted by molar-refractivity contribution is 5.75. The molecule has 0 aliphatic carbocycles. The highest BCUT2D eigenvalue weighted by atomic mass is 19.4. The average molecular weight is 293 g/mol. The first-order chi connectivity index (χ1) is 9.26. The highest BCUT2D eigenvalue weighted by Gasteiger charge is 2.27. The van der Waals surface area contributed by atoms with Crippen LogP contribution >= 0.6 is 0 Å². The molecule has 0 saturated heterocycles. The third-order valence-corrected chi connectivity index (χ3v) is 2.24. The fourth-order valence-electron chi connectivity index (χ4n) is 1.39. The molecule has 0 atom stereocenters. The fraction of sp³-hybridized carbons (Fsp3) is 0.727. The summed E-state index contributed by atoms with van der Waals surface area (Å²) in [6, 6.07) is 0. The van der Waals surface area contributed by atoms with Crippen molar-refractivity contribution < 1.29 is 18.0 Å². The van der Waals surface area contributed by atoms with E-state index in [4.69, 9.17) is 0 Å². The van der Waals surface area contributed by atoms with Crippen molar-refractivity contribution in [2.75, 3.05) is 13.1 Å². The van der Waals surface area contributed by atoms with Crippen LogP contribution in [0.15, 0.2) is 6.20 Å². The van der Waals surface area contributed by atoms with E-state index in [1.54, 1.807) is 5.32 Å². The maximum atomic E-state index is 11.9. The van der Waals surface area contributed by atoms with Gasteiger partial charge >= 0.3 is 6.18 Å². The molecule has 0 spiro atoms. The summed E-state index contributed by atoms with van der Waals surface area (Å²) >= 11 is 0. The molecule has 0 fully saturated rings. The van der Waals surface area contributed by atoms with Crippen LogP contribution in [0.1, 0.15) is 19.5 Å². The molecule has 0 aliphatic rings. The minimum Gasteiger partial charge on any atom is -0.345 e. The van der Waals surface area contributed by atoms with Gasteiger partial charge < -0.3 is 10.6 Å². The Balaban J connectivity index is 2.34. The Morgan fingerprint density at radius 1 is 1.45 bits per heavy atom. The molecule has 1 rings (SSSR count). The van der Waals surface area contributed by atoms with Crippen LogP contribution in [0.4, 0.5) is 13.2 Å². The van der Waals surface area contributed by atoms with E-state index in [1.165, 1.54) is 10.9 Å². The molecule has 114 valence electrons. The van der Waals surface area contributed by atoms with Crippen molar-refractivity contribution in [1.82, 2.24) is 25.6 Å². The Morgan fingerprint density at radius 3 is 2.75 bits per heavy atom. The summed E-state index contributed by atoms with van der Waals surface area (Å²) in [6.07, 6.45) is -2.88. The van der Waals surface area contributed by atoms with E-state index in [2.05, 4.69) is 29.5 Å². The van der Waals surface area contributed by atoms with E-state index in [0.29, 0.717) is 18.2 Å². The number of carbonyl (C=O) groups is 1. The van der Waals surface area contributed by atoms with Gasteiger partial charge in [0.05, 0.1) is 11.9 Å². The average Bonchev–Trinajstić information content (AvgIpc) is 2.73. The van der Waals surface area contributed by atoms with Gasteiger partial charge in [0.2, 0.25) is 5.91 Å². The van der Waals surface area contributed by atoms with Gasteiger partial charge in [0.15, 0.2) is 0 Å². The Morgan fingerprint density at radius 2 is 2.15 bits per heavy atom. The van der Waals surface area contributed by atoms with Crippen molar-refractivity contribution in [2.24, 2.45) is 5.92 Å². The molecule has 0 unspecified atom stereocenters. The standard InChI is InChI=1S/C11H18F3N5O/c1-8(2)3-15-4-9-5-19(18-17-9)6-10(20)16-7-11(12,13)14/h5,8,15H,3-4,6-7H2,1-2H3,(H,16,20). The molecular formula is C11H18F3N5O. The predicted molar refractivity (Wildman–Crippen MR) is 65.6 cm³/mol. The van der Waals surface area contributed by atoms with Crippen molar-refractivity contribution in [1.29, 1.82) is 0 Å². The summed E-state index contributed by atoms with van der Waals surface area (Å²) in [7, 11) is 0. The summed E-state index contributed by atoms with van der Waals surface area (Å²) in [5.74, 6) is -0.257. The zero-order valence-electron chi connectivity index (χ0n) is 11.4. The highest BCUT2D eigenvalue weighted by Crippen LogP contribution is 2.11. The van der Waals surface area contributed by atoms with Crippen LogP contribution in [0.5, 0.6) is 0 Å². The Labute approximate surface area is 114 Å². The number of nitrogens with one attached hydrogen (secondary N) is 2. The lowest BCUT2D eigenvalue weighted by Gasteiger charge is -2.07. The summed E-state index contributed by atoms with van der Waals surface area (Å²) in [6.45, 7) is 3.82. The minimum atomic E-state index is -4.41. The molecular weight excluding hydrogens is 275 g/mol. The number of aromatic nitrogens is 3. The molecule has 0 saturated carbocycles. The second-order valence-corrected chi connectivity index (χ2v) is 4.82. The fourth-order valence-corrected chi connectivity index (χ4v) is 1.39. The van der Waals surface area contributed by atoms with Crippen molar-refractivity contribution >= 4 is 5.91 Å². The van der Waals surface area contributed by atoms with Crippen LogP contribution < -0.4 is 10.6 Å². The van der Waals surface area contributed by atoms with E-state index in [0.717, 1.165) is 6.54 Å². The van der Waals surface area contributed by atoms with Crippen LogP contribution in [0.2, 0.25) is 0 Å². The van der Waals surface area contributed by atoms with Gasteiger partial charge in [-0.25, -0.2) is 4.68 Å². The Bertz CT molecular complexity index is 430. The van der Waals surface area contributed by atoms with Crippen molar-refractivity contribution in [3.63, 3.8) is 0 Å². The second kappa shape index (κ2) is 7.22. The summed E-state index contributed by atoms with van der Waals surface area (Å²) in [5.41, 5.74) is 0.634. The van der Waals surface area contributed by atoms with Crippen molar-refractivity contribution in [3.8, 4) is 0 Å². The number of carbonyl (C=O) groups excluding carboxylic acids is 1. The van der Waals surface area contributed by atoms with E-state index in [-0.39, 0.29) is 6.54 Å². The van der Waals surface area contributed by atoms with Gasteiger partial charge in [0.1, 0.15) is 13.1 Å². The van der Waals surface area contributed by atoms with E-state index in [9.17, 15) is 18.0 Å². The van der Waals surface area contributed by atoms with Gasteiger partial charge in [-0.2, -0.15) is 13.2 Å². The van der Waals surface area contributed by atoms with Gasteiger partial charge in [-0.1, -0.05) is 19.1 Å². The molecule has 2 N–H and O–H groups in total. The summed E-state index contributed by atoms with van der Waals surface area (Å²) in [4.78, 5) is 11.3. The lowest BCUT2D eigenvalue weighted by molar-refractivity contribution is -0.138. The minimum absolute atomic E-state index is 0.284. The summed E-state index contributed by atoms with van der Waals surface area (Å²) < 4.78 is 36.9. The normalized spacial score (nSPS) is 11.9. The molecule has 9 heteroatoms. The van der Waals surface area contributed by atoms with Crippen LogP contribution in [-0.4, -0.2) is 40.2 Å². The monoisotopic (exact) mass is 293 g/mol. The second-order valence-electron chi connectivity index (χ2n) is 4.82. The van der Waals surface area contributed by atoms with Gasteiger partial charge in [0, 0.05) is 6.54 Å². The van der Waals surface area contributed by atoms with Gasteiger partial charge in [-0.15, -0.1) is 5.10 Å². The largest absolute Gasteiger partial charge is 0.405 e. The molecule has 1 heterocycles. The molecule has 1 aromatic heterocycles. The van der Waals surface area contributed by atoms with Crippen LogP contribution in [0.3, 0.4) is 0 Å². The Kier molecular flexibility index (Phi) is 5.93. The first kappa shape index (κ1) is 16.4. The van der Waals surface area contributed by atoms with Gasteiger partial charge in [-0.05, 0) is 12.5 Å². The number of alkyl halides is 3. The molecule has 6 nitrogen and oxygen atoms in total. The number of halogens is 3. The number of hydrogen-bond donors (Lipinski definition) is 2. The number of rotatable bonds is 7. The van der Waals surface area contributed by atoms with Crippen molar-refractivity contribution in [3.05, 3.63) is 11.9 Å². The van der Waals surface area contributed by atoms with Gasteiger partial charge in [-0.3, -0.25) is 4.79 Å². The molecule has 0 aliphatic heterocycles.